The summed E-state index contributed by atoms with van der Waals surface area (Å²) in [5.41, 5.74) is 0.865. The number of aromatic nitrogens is 1. The Morgan fingerprint density at radius 2 is 2.22 bits per heavy atom. The van der Waals surface area contributed by atoms with Crippen molar-refractivity contribution in [3.63, 3.8) is 0 Å². The van der Waals surface area contributed by atoms with Crippen LogP contribution in [0.1, 0.15) is 23.2 Å². The molecule has 2 aromatic rings. The molecule has 0 spiro atoms. The van der Waals surface area contributed by atoms with Gasteiger partial charge < -0.3 is 14.6 Å². The largest absolute Gasteiger partial charge is 0.492 e. The molecule has 0 aliphatic rings. The Kier molecular flexibility index (Phi) is 3.62. The number of nitrogens with one attached hydrogen (secondary N) is 1. The minimum Gasteiger partial charge on any atom is -0.492 e. The summed E-state index contributed by atoms with van der Waals surface area (Å²) in [6.45, 7) is 4.16. The predicted octanol–water partition coefficient (Wildman–Crippen LogP) is 2.63. The summed E-state index contributed by atoms with van der Waals surface area (Å²) in [5, 5.41) is 6.40. The summed E-state index contributed by atoms with van der Waals surface area (Å²) in [7, 11) is 0. The molecule has 1 aromatic carbocycles. The van der Waals surface area contributed by atoms with E-state index in [-0.39, 0.29) is 11.6 Å². The van der Waals surface area contributed by atoms with E-state index in [0.29, 0.717) is 23.8 Å². The third-order valence-corrected chi connectivity index (χ3v) is 2.30. The highest BCUT2D eigenvalue weighted by Gasteiger charge is 2.13. The molecular weight excluding hydrogens is 232 g/mol. The summed E-state index contributed by atoms with van der Waals surface area (Å²) >= 11 is 0. The molecule has 0 saturated heterocycles. The van der Waals surface area contributed by atoms with E-state index in [1.165, 1.54) is 0 Å². The highest BCUT2D eigenvalue weighted by atomic mass is 16.5. The van der Waals surface area contributed by atoms with Gasteiger partial charge in [0.25, 0.3) is 5.91 Å². The van der Waals surface area contributed by atoms with Crippen molar-refractivity contribution in [2.24, 2.45) is 0 Å². The van der Waals surface area contributed by atoms with Gasteiger partial charge in [-0.1, -0.05) is 17.3 Å². The number of anilines is 1. The van der Waals surface area contributed by atoms with E-state index in [1.807, 2.05) is 19.1 Å². The van der Waals surface area contributed by atoms with Crippen molar-refractivity contribution in [2.75, 3.05) is 11.9 Å². The molecule has 0 atom stereocenters. The van der Waals surface area contributed by atoms with E-state index in [9.17, 15) is 4.79 Å². The Bertz CT molecular complexity index is 549. The molecule has 5 nitrogen and oxygen atoms in total. The van der Waals surface area contributed by atoms with Gasteiger partial charge in [-0.15, -0.1) is 0 Å². The highest BCUT2D eigenvalue weighted by molar-refractivity contribution is 6.03. The fourth-order valence-corrected chi connectivity index (χ4v) is 1.51. The lowest BCUT2D eigenvalue weighted by Crippen LogP contribution is -2.13. The maximum Gasteiger partial charge on any atom is 0.277 e. The van der Waals surface area contributed by atoms with E-state index in [2.05, 4.69) is 10.5 Å². The molecule has 0 unspecified atom stereocenters. The molecule has 1 amide bonds. The van der Waals surface area contributed by atoms with Gasteiger partial charge in [0.05, 0.1) is 12.3 Å². The van der Waals surface area contributed by atoms with E-state index < -0.39 is 0 Å². The molecule has 0 bridgehead atoms. The Balaban J connectivity index is 2.16. The smallest absolute Gasteiger partial charge is 0.277 e. The normalized spacial score (nSPS) is 10.1. The monoisotopic (exact) mass is 246 g/mol. The van der Waals surface area contributed by atoms with Gasteiger partial charge in [0.1, 0.15) is 11.5 Å². The lowest BCUT2D eigenvalue weighted by atomic mass is 10.2. The van der Waals surface area contributed by atoms with Crippen molar-refractivity contribution in [1.29, 1.82) is 0 Å². The molecule has 0 saturated carbocycles. The standard InChI is InChI=1S/C13H14N2O3/c1-3-17-12-7-5-4-6-10(12)14-13(16)11-8-9(2)18-15-11/h4-8H,3H2,1-2H3,(H,14,16). The zero-order valence-electron chi connectivity index (χ0n) is 10.3. The number of amides is 1. The molecule has 2 rings (SSSR count). The van der Waals surface area contributed by atoms with Crippen LogP contribution in [0.3, 0.4) is 0 Å². The lowest BCUT2D eigenvalue weighted by Gasteiger charge is -2.09. The summed E-state index contributed by atoms with van der Waals surface area (Å²) in [4.78, 5) is 11.9. The Hall–Kier alpha value is -2.30. The molecule has 0 aliphatic heterocycles. The molecule has 94 valence electrons. The lowest BCUT2D eigenvalue weighted by molar-refractivity contribution is 0.101. The third-order valence-electron chi connectivity index (χ3n) is 2.30. The molecule has 1 aromatic heterocycles. The van der Waals surface area contributed by atoms with Crippen LogP contribution in [-0.4, -0.2) is 17.7 Å². The number of nitrogens with zero attached hydrogens (tertiary/aromatic N) is 1. The van der Waals surface area contributed by atoms with Gasteiger partial charge >= 0.3 is 0 Å². The van der Waals surface area contributed by atoms with Crippen LogP contribution >= 0.6 is 0 Å². The van der Waals surface area contributed by atoms with E-state index in [4.69, 9.17) is 9.26 Å². The number of carbonyl (C=O) groups is 1. The fraction of sp³-hybridized carbons (Fsp3) is 0.231. The van der Waals surface area contributed by atoms with Gasteiger partial charge in [-0.05, 0) is 26.0 Å². The van der Waals surface area contributed by atoms with Gasteiger partial charge in [0.2, 0.25) is 0 Å². The number of hydrogen-bond donors (Lipinski definition) is 1. The molecule has 1 N–H and O–H groups in total. The number of aryl methyl sites for hydroxylation is 1. The number of ether oxygens (including phenoxy) is 1. The second kappa shape index (κ2) is 5.35. The van der Waals surface area contributed by atoms with Crippen LogP contribution in [0.25, 0.3) is 0 Å². The van der Waals surface area contributed by atoms with Crippen LogP contribution in [0.5, 0.6) is 5.75 Å². The average Bonchev–Trinajstić information content (AvgIpc) is 2.79. The molecule has 0 aliphatic carbocycles. The average molecular weight is 246 g/mol. The van der Waals surface area contributed by atoms with Crippen LogP contribution in [0.2, 0.25) is 0 Å². The van der Waals surface area contributed by atoms with E-state index in [1.54, 1.807) is 25.1 Å². The minimum atomic E-state index is -0.320. The first kappa shape index (κ1) is 12.2. The zero-order valence-corrected chi connectivity index (χ0v) is 10.3. The third kappa shape index (κ3) is 2.68. The fourth-order valence-electron chi connectivity index (χ4n) is 1.51. The van der Waals surface area contributed by atoms with Gasteiger partial charge in [0, 0.05) is 6.07 Å². The maximum absolute atomic E-state index is 11.9. The van der Waals surface area contributed by atoms with Gasteiger partial charge in [0.15, 0.2) is 5.69 Å². The van der Waals surface area contributed by atoms with Crippen molar-refractivity contribution < 1.29 is 14.1 Å². The number of rotatable bonds is 4. The summed E-state index contributed by atoms with van der Waals surface area (Å²) in [6, 6.07) is 8.83. The minimum absolute atomic E-state index is 0.249. The second-order valence-electron chi connectivity index (χ2n) is 3.71. The summed E-state index contributed by atoms with van der Waals surface area (Å²) < 4.78 is 10.3. The van der Waals surface area contributed by atoms with Crippen molar-refractivity contribution in [3.05, 3.63) is 41.8 Å². The quantitative estimate of drug-likeness (QED) is 0.900. The Morgan fingerprint density at radius 1 is 1.44 bits per heavy atom. The molecule has 0 radical (unpaired) electrons. The SMILES string of the molecule is CCOc1ccccc1NC(=O)c1cc(C)on1. The van der Waals surface area contributed by atoms with Crippen LogP contribution < -0.4 is 10.1 Å². The maximum atomic E-state index is 11.9. The summed E-state index contributed by atoms with van der Waals surface area (Å²) in [5.74, 6) is 0.908. The first-order valence-electron chi connectivity index (χ1n) is 5.67. The van der Waals surface area contributed by atoms with Crippen LogP contribution in [0.4, 0.5) is 5.69 Å². The van der Waals surface area contributed by atoms with E-state index >= 15 is 0 Å². The Morgan fingerprint density at radius 3 is 2.89 bits per heavy atom. The zero-order chi connectivity index (χ0) is 13.0. The number of carbonyl (C=O) groups excluding carboxylic acids is 1. The number of para-hydroxylation sites is 2. The van der Waals surface area contributed by atoms with Gasteiger partial charge in [-0.25, -0.2) is 0 Å². The van der Waals surface area contributed by atoms with Gasteiger partial charge in [-0.2, -0.15) is 0 Å². The predicted molar refractivity (Wildman–Crippen MR) is 66.8 cm³/mol. The highest BCUT2D eigenvalue weighted by Crippen LogP contribution is 2.24. The molecular formula is C13H14N2O3. The topological polar surface area (TPSA) is 64.4 Å². The van der Waals surface area contributed by atoms with Gasteiger partial charge in [-0.3, -0.25) is 4.79 Å². The first-order chi connectivity index (χ1) is 8.70. The van der Waals surface area contributed by atoms with Crippen LogP contribution in [-0.2, 0) is 0 Å². The molecule has 5 heteroatoms. The summed E-state index contributed by atoms with van der Waals surface area (Å²) in [6.07, 6.45) is 0. The molecule has 18 heavy (non-hydrogen) atoms. The van der Waals surface area contributed by atoms with Crippen LogP contribution in [0.15, 0.2) is 34.9 Å². The van der Waals surface area contributed by atoms with Crippen LogP contribution in [0, 0.1) is 6.92 Å². The second-order valence-corrected chi connectivity index (χ2v) is 3.71. The van der Waals surface area contributed by atoms with Crippen molar-refractivity contribution in [3.8, 4) is 5.75 Å². The number of hydrogen-bond acceptors (Lipinski definition) is 4. The van der Waals surface area contributed by atoms with E-state index in [0.717, 1.165) is 0 Å². The van der Waals surface area contributed by atoms with Crippen molar-refractivity contribution >= 4 is 11.6 Å². The molecule has 0 fully saturated rings. The first-order valence-corrected chi connectivity index (χ1v) is 5.67. The number of benzene rings is 1. The van der Waals surface area contributed by atoms with Crippen molar-refractivity contribution in [1.82, 2.24) is 5.16 Å². The molecule has 1 heterocycles. The Labute approximate surface area is 105 Å². The van der Waals surface area contributed by atoms with Crippen molar-refractivity contribution in [2.45, 2.75) is 13.8 Å².